The van der Waals surface area contributed by atoms with Gasteiger partial charge in [0.2, 0.25) is 0 Å². The second-order valence-corrected chi connectivity index (χ2v) is 9.31. The summed E-state index contributed by atoms with van der Waals surface area (Å²) in [5.41, 5.74) is 2.48. The molecule has 1 heteroatoms. The minimum absolute atomic E-state index is 0.146. The molecule has 0 atom stereocenters. The van der Waals surface area contributed by atoms with E-state index in [1.54, 1.807) is 12.1 Å². The van der Waals surface area contributed by atoms with Crippen LogP contribution in [0.15, 0.2) is 30.3 Å². The molecule has 3 rings (SSSR count). The predicted molar refractivity (Wildman–Crippen MR) is 115 cm³/mol. The van der Waals surface area contributed by atoms with Gasteiger partial charge in [0.1, 0.15) is 5.82 Å². The van der Waals surface area contributed by atoms with Crippen molar-refractivity contribution in [3.8, 4) is 0 Å². The van der Waals surface area contributed by atoms with E-state index < -0.39 is 0 Å². The van der Waals surface area contributed by atoms with Crippen molar-refractivity contribution in [3.63, 3.8) is 0 Å². The van der Waals surface area contributed by atoms with Crippen LogP contribution >= 0.6 is 0 Å². The van der Waals surface area contributed by atoms with E-state index in [0.717, 1.165) is 23.7 Å². The van der Waals surface area contributed by atoms with E-state index in [1.165, 1.54) is 88.2 Å². The second kappa shape index (κ2) is 10.4. The van der Waals surface area contributed by atoms with E-state index in [0.29, 0.717) is 0 Å². The predicted octanol–water partition coefficient (Wildman–Crippen LogP) is 8.42. The first-order chi connectivity index (χ1) is 13.2. The SMILES string of the molecule is CCCCCC1CCC(C2CCC(C=C(C)c3ccc(F)cc3)CC2)CC1. The molecule has 0 saturated heterocycles. The van der Waals surface area contributed by atoms with E-state index in [2.05, 4.69) is 19.9 Å². The number of benzene rings is 1. The number of allylic oxidation sites excluding steroid dienone is 2. The minimum Gasteiger partial charge on any atom is -0.207 e. The van der Waals surface area contributed by atoms with Gasteiger partial charge in [0, 0.05) is 0 Å². The Labute approximate surface area is 166 Å². The Morgan fingerprint density at radius 1 is 0.889 bits per heavy atom. The van der Waals surface area contributed by atoms with E-state index in [-0.39, 0.29) is 5.82 Å². The van der Waals surface area contributed by atoms with Gasteiger partial charge in [0.25, 0.3) is 0 Å². The van der Waals surface area contributed by atoms with Crippen molar-refractivity contribution in [3.05, 3.63) is 41.7 Å². The van der Waals surface area contributed by atoms with Crippen LogP contribution in [-0.4, -0.2) is 0 Å². The summed E-state index contributed by atoms with van der Waals surface area (Å²) in [5.74, 6) is 3.60. The highest BCUT2D eigenvalue weighted by Gasteiger charge is 2.30. The summed E-state index contributed by atoms with van der Waals surface area (Å²) in [6.07, 6.45) is 19.7. The Hall–Kier alpha value is -1.11. The molecule has 0 aromatic heterocycles. The van der Waals surface area contributed by atoms with Crippen LogP contribution in [0.1, 0.15) is 96.5 Å². The van der Waals surface area contributed by atoms with Gasteiger partial charge in [-0.05, 0) is 92.4 Å². The van der Waals surface area contributed by atoms with Crippen molar-refractivity contribution >= 4 is 5.57 Å². The molecule has 0 N–H and O–H groups in total. The van der Waals surface area contributed by atoms with Crippen LogP contribution in [0, 0.1) is 29.5 Å². The third-order valence-electron chi connectivity index (χ3n) is 7.38. The van der Waals surface area contributed by atoms with Crippen LogP contribution in [0.25, 0.3) is 5.57 Å². The molecule has 27 heavy (non-hydrogen) atoms. The molecular formula is C26H39F. The molecule has 0 radical (unpaired) electrons. The number of unbranched alkanes of at least 4 members (excludes halogenated alkanes) is 2. The molecule has 2 aliphatic carbocycles. The Kier molecular flexibility index (Phi) is 7.97. The van der Waals surface area contributed by atoms with Gasteiger partial charge in [-0.15, -0.1) is 0 Å². The third-order valence-corrected chi connectivity index (χ3v) is 7.38. The van der Waals surface area contributed by atoms with Gasteiger partial charge < -0.3 is 0 Å². The van der Waals surface area contributed by atoms with E-state index in [1.807, 2.05) is 12.1 Å². The fraction of sp³-hybridized carbons (Fsp3) is 0.692. The smallest absolute Gasteiger partial charge is 0.123 e. The van der Waals surface area contributed by atoms with Gasteiger partial charge in [-0.1, -0.05) is 63.7 Å². The lowest BCUT2D eigenvalue weighted by Gasteiger charge is -2.37. The van der Waals surface area contributed by atoms with Gasteiger partial charge in [0.15, 0.2) is 0 Å². The molecular weight excluding hydrogens is 331 g/mol. The molecule has 1 aromatic carbocycles. The summed E-state index contributed by atoms with van der Waals surface area (Å²) in [7, 11) is 0. The molecule has 0 aliphatic heterocycles. The summed E-state index contributed by atoms with van der Waals surface area (Å²) in [6.45, 7) is 4.49. The summed E-state index contributed by atoms with van der Waals surface area (Å²) in [6, 6.07) is 6.96. The molecule has 0 unspecified atom stereocenters. The van der Waals surface area contributed by atoms with Crippen LogP contribution in [0.3, 0.4) is 0 Å². The molecule has 0 nitrogen and oxygen atoms in total. The van der Waals surface area contributed by atoms with Crippen LogP contribution in [-0.2, 0) is 0 Å². The van der Waals surface area contributed by atoms with Crippen molar-refractivity contribution in [2.24, 2.45) is 23.7 Å². The Bertz CT molecular complexity index is 569. The second-order valence-electron chi connectivity index (χ2n) is 9.31. The maximum absolute atomic E-state index is 13.1. The zero-order valence-corrected chi connectivity index (χ0v) is 17.6. The van der Waals surface area contributed by atoms with Crippen molar-refractivity contribution in [1.29, 1.82) is 0 Å². The Morgan fingerprint density at radius 2 is 1.48 bits per heavy atom. The molecule has 1 aromatic rings. The first-order valence-corrected chi connectivity index (χ1v) is 11.6. The number of halogens is 1. The quantitative estimate of drug-likeness (QED) is 0.422. The van der Waals surface area contributed by atoms with Gasteiger partial charge >= 0.3 is 0 Å². The van der Waals surface area contributed by atoms with Gasteiger partial charge in [-0.3, -0.25) is 0 Å². The van der Waals surface area contributed by atoms with Crippen LogP contribution in [0.4, 0.5) is 4.39 Å². The minimum atomic E-state index is -0.146. The first kappa shape index (κ1) is 20.6. The lowest BCUT2D eigenvalue weighted by atomic mass is 9.68. The highest BCUT2D eigenvalue weighted by Crippen LogP contribution is 2.43. The number of hydrogen-bond acceptors (Lipinski definition) is 0. The van der Waals surface area contributed by atoms with Crippen molar-refractivity contribution in [2.75, 3.05) is 0 Å². The molecule has 0 bridgehead atoms. The van der Waals surface area contributed by atoms with Crippen LogP contribution < -0.4 is 0 Å². The number of rotatable bonds is 7. The standard InChI is InChI=1S/C26H39F/c1-3-4-5-6-21-7-11-24(12-8-21)25-13-9-22(10-14-25)19-20(2)23-15-17-26(27)18-16-23/h15-19,21-22,24-25H,3-14H2,1-2H3. The van der Waals surface area contributed by atoms with E-state index in [4.69, 9.17) is 0 Å². The fourth-order valence-electron chi connectivity index (χ4n) is 5.58. The topological polar surface area (TPSA) is 0 Å². The lowest BCUT2D eigenvalue weighted by Crippen LogP contribution is -2.25. The summed E-state index contributed by atoms with van der Waals surface area (Å²) in [4.78, 5) is 0. The largest absolute Gasteiger partial charge is 0.207 e. The highest BCUT2D eigenvalue weighted by atomic mass is 19.1. The monoisotopic (exact) mass is 370 g/mol. The Morgan fingerprint density at radius 3 is 2.07 bits per heavy atom. The average Bonchev–Trinajstić information content (AvgIpc) is 2.70. The molecule has 2 saturated carbocycles. The molecule has 2 fully saturated rings. The molecule has 0 heterocycles. The molecule has 0 spiro atoms. The van der Waals surface area contributed by atoms with Gasteiger partial charge in [-0.2, -0.15) is 0 Å². The van der Waals surface area contributed by atoms with Crippen LogP contribution in [0.2, 0.25) is 0 Å². The summed E-state index contributed by atoms with van der Waals surface area (Å²) in [5, 5.41) is 0. The summed E-state index contributed by atoms with van der Waals surface area (Å²) < 4.78 is 13.1. The van der Waals surface area contributed by atoms with Crippen molar-refractivity contribution in [2.45, 2.75) is 90.9 Å². The molecule has 2 aliphatic rings. The normalized spacial score (nSPS) is 29.7. The zero-order valence-electron chi connectivity index (χ0n) is 17.6. The molecule has 150 valence electrons. The van der Waals surface area contributed by atoms with E-state index in [9.17, 15) is 4.39 Å². The van der Waals surface area contributed by atoms with Crippen LogP contribution in [0.5, 0.6) is 0 Å². The molecule has 0 amide bonds. The average molecular weight is 371 g/mol. The van der Waals surface area contributed by atoms with Crippen molar-refractivity contribution < 1.29 is 4.39 Å². The van der Waals surface area contributed by atoms with Gasteiger partial charge in [0.05, 0.1) is 0 Å². The van der Waals surface area contributed by atoms with Crippen molar-refractivity contribution in [1.82, 2.24) is 0 Å². The number of hydrogen-bond donors (Lipinski definition) is 0. The fourth-order valence-corrected chi connectivity index (χ4v) is 5.58. The van der Waals surface area contributed by atoms with E-state index >= 15 is 0 Å². The maximum Gasteiger partial charge on any atom is 0.123 e. The zero-order chi connectivity index (χ0) is 19.1. The maximum atomic E-state index is 13.1. The summed E-state index contributed by atoms with van der Waals surface area (Å²) >= 11 is 0. The lowest BCUT2D eigenvalue weighted by molar-refractivity contribution is 0.151. The third kappa shape index (κ3) is 6.19. The van der Waals surface area contributed by atoms with Gasteiger partial charge in [-0.25, -0.2) is 4.39 Å². The Balaban J connectivity index is 1.41. The highest BCUT2D eigenvalue weighted by molar-refractivity contribution is 5.63. The first-order valence-electron chi connectivity index (χ1n) is 11.6.